The van der Waals surface area contributed by atoms with Crippen molar-refractivity contribution in [2.75, 3.05) is 13.7 Å². The SMILES string of the molecule is C=CCOC(C)OC(=O)OC(C)OC. The molecule has 0 bridgehead atoms. The molecule has 82 valence electrons. The van der Waals surface area contributed by atoms with Crippen LogP contribution in [0.4, 0.5) is 4.79 Å². The fraction of sp³-hybridized carbons (Fsp3) is 0.667. The van der Waals surface area contributed by atoms with Crippen LogP contribution in [0, 0.1) is 0 Å². The molecule has 0 N–H and O–H groups in total. The molecule has 0 amide bonds. The van der Waals surface area contributed by atoms with Crippen LogP contribution >= 0.6 is 0 Å². The van der Waals surface area contributed by atoms with Gasteiger partial charge in [0.2, 0.25) is 12.6 Å². The van der Waals surface area contributed by atoms with E-state index >= 15 is 0 Å². The summed E-state index contributed by atoms with van der Waals surface area (Å²) in [5.74, 6) is 0. The third kappa shape index (κ3) is 6.45. The second-order valence-corrected chi connectivity index (χ2v) is 2.48. The van der Waals surface area contributed by atoms with Gasteiger partial charge in [0.05, 0.1) is 6.61 Å². The molecule has 0 heterocycles. The highest BCUT2D eigenvalue weighted by Gasteiger charge is 2.13. The number of methoxy groups -OCH3 is 1. The number of ether oxygens (including phenoxy) is 4. The fourth-order valence-corrected chi connectivity index (χ4v) is 0.584. The van der Waals surface area contributed by atoms with Crippen LogP contribution in [0.5, 0.6) is 0 Å². The molecule has 0 saturated carbocycles. The Morgan fingerprint density at radius 1 is 1.36 bits per heavy atom. The van der Waals surface area contributed by atoms with Gasteiger partial charge in [0, 0.05) is 7.11 Å². The van der Waals surface area contributed by atoms with Crippen LogP contribution in [0.1, 0.15) is 13.8 Å². The summed E-state index contributed by atoms with van der Waals surface area (Å²) < 4.78 is 19.1. The summed E-state index contributed by atoms with van der Waals surface area (Å²) in [5.41, 5.74) is 0. The highest BCUT2D eigenvalue weighted by molar-refractivity contribution is 5.60. The molecule has 0 rings (SSSR count). The van der Waals surface area contributed by atoms with Crippen LogP contribution in [0.15, 0.2) is 12.7 Å². The van der Waals surface area contributed by atoms with Gasteiger partial charge in [-0.3, -0.25) is 0 Å². The smallest absolute Gasteiger partial charge is 0.405 e. The molecule has 0 saturated heterocycles. The normalized spacial score (nSPS) is 14.2. The molecule has 0 fully saturated rings. The van der Waals surface area contributed by atoms with E-state index in [1.807, 2.05) is 0 Å². The molecule has 0 aromatic carbocycles. The summed E-state index contributed by atoms with van der Waals surface area (Å²) in [5, 5.41) is 0. The van der Waals surface area contributed by atoms with Gasteiger partial charge in [-0.1, -0.05) is 6.08 Å². The molecule has 2 atom stereocenters. The zero-order valence-electron chi connectivity index (χ0n) is 8.69. The van der Waals surface area contributed by atoms with Crippen LogP contribution in [-0.2, 0) is 18.9 Å². The van der Waals surface area contributed by atoms with Crippen molar-refractivity contribution in [3.8, 4) is 0 Å². The lowest BCUT2D eigenvalue weighted by atomic mass is 10.6. The Labute approximate surface area is 83.6 Å². The molecule has 0 aliphatic heterocycles. The van der Waals surface area contributed by atoms with E-state index < -0.39 is 18.7 Å². The van der Waals surface area contributed by atoms with Crippen molar-refractivity contribution in [3.05, 3.63) is 12.7 Å². The lowest BCUT2D eigenvalue weighted by Crippen LogP contribution is -2.23. The molecule has 0 aromatic rings. The Morgan fingerprint density at radius 2 is 1.93 bits per heavy atom. The van der Waals surface area contributed by atoms with E-state index in [-0.39, 0.29) is 0 Å². The summed E-state index contributed by atoms with van der Waals surface area (Å²) >= 11 is 0. The predicted octanol–water partition coefficient (Wildman–Crippen LogP) is 1.68. The minimum atomic E-state index is -0.823. The van der Waals surface area contributed by atoms with Crippen molar-refractivity contribution >= 4 is 6.16 Å². The maximum atomic E-state index is 11.0. The first kappa shape index (κ1) is 12.9. The summed E-state index contributed by atoms with van der Waals surface area (Å²) in [6, 6.07) is 0. The quantitative estimate of drug-likeness (QED) is 0.374. The van der Waals surface area contributed by atoms with Crippen LogP contribution in [0.25, 0.3) is 0 Å². The van der Waals surface area contributed by atoms with Crippen molar-refractivity contribution < 1.29 is 23.7 Å². The third-order valence-corrected chi connectivity index (χ3v) is 1.31. The first-order valence-corrected chi connectivity index (χ1v) is 4.22. The second-order valence-electron chi connectivity index (χ2n) is 2.48. The van der Waals surface area contributed by atoms with Crippen molar-refractivity contribution in [2.24, 2.45) is 0 Å². The molecule has 0 spiro atoms. The summed E-state index contributed by atoms with van der Waals surface area (Å²) in [4.78, 5) is 11.0. The number of carbonyl (C=O) groups excluding carboxylic acids is 1. The highest BCUT2D eigenvalue weighted by atomic mass is 16.8. The number of hydrogen-bond acceptors (Lipinski definition) is 5. The Kier molecular flexibility index (Phi) is 6.78. The monoisotopic (exact) mass is 204 g/mol. The predicted molar refractivity (Wildman–Crippen MR) is 49.6 cm³/mol. The van der Waals surface area contributed by atoms with Gasteiger partial charge < -0.3 is 18.9 Å². The van der Waals surface area contributed by atoms with Gasteiger partial charge in [-0.2, -0.15) is 0 Å². The largest absolute Gasteiger partial charge is 0.512 e. The van der Waals surface area contributed by atoms with Crippen molar-refractivity contribution in [2.45, 2.75) is 26.4 Å². The summed E-state index contributed by atoms with van der Waals surface area (Å²) in [7, 11) is 1.43. The van der Waals surface area contributed by atoms with Gasteiger partial charge in [0.1, 0.15) is 0 Å². The zero-order chi connectivity index (χ0) is 11.0. The topological polar surface area (TPSA) is 54.0 Å². The zero-order valence-corrected chi connectivity index (χ0v) is 8.69. The first-order valence-electron chi connectivity index (χ1n) is 4.22. The standard InChI is InChI=1S/C9H16O5/c1-5-6-12-8(3)14-9(10)13-7(2)11-4/h5,7-8H,1,6H2,2-4H3. The molecule has 0 aliphatic rings. The van der Waals surface area contributed by atoms with E-state index in [1.165, 1.54) is 7.11 Å². The third-order valence-electron chi connectivity index (χ3n) is 1.31. The minimum Gasteiger partial charge on any atom is -0.405 e. The van der Waals surface area contributed by atoms with E-state index in [1.54, 1.807) is 19.9 Å². The van der Waals surface area contributed by atoms with E-state index in [0.717, 1.165) is 0 Å². The lowest BCUT2D eigenvalue weighted by Gasteiger charge is -2.15. The maximum absolute atomic E-state index is 11.0. The second kappa shape index (κ2) is 7.34. The fourth-order valence-electron chi connectivity index (χ4n) is 0.584. The van der Waals surface area contributed by atoms with Crippen molar-refractivity contribution in [3.63, 3.8) is 0 Å². The van der Waals surface area contributed by atoms with Crippen molar-refractivity contribution in [1.29, 1.82) is 0 Å². The molecule has 14 heavy (non-hydrogen) atoms. The maximum Gasteiger partial charge on any atom is 0.512 e. The van der Waals surface area contributed by atoms with Gasteiger partial charge in [-0.05, 0) is 13.8 Å². The first-order chi connectivity index (χ1) is 6.60. The molecular weight excluding hydrogens is 188 g/mol. The van der Waals surface area contributed by atoms with Gasteiger partial charge in [-0.15, -0.1) is 6.58 Å². The number of carbonyl (C=O) groups is 1. The van der Waals surface area contributed by atoms with E-state index in [9.17, 15) is 4.79 Å². The Balaban J connectivity index is 3.64. The molecule has 0 aromatic heterocycles. The van der Waals surface area contributed by atoms with Gasteiger partial charge >= 0.3 is 6.16 Å². The van der Waals surface area contributed by atoms with Gasteiger partial charge in [0.15, 0.2) is 0 Å². The molecule has 5 nitrogen and oxygen atoms in total. The number of rotatable bonds is 6. The van der Waals surface area contributed by atoms with E-state index in [2.05, 4.69) is 11.3 Å². The van der Waals surface area contributed by atoms with Gasteiger partial charge in [0.25, 0.3) is 0 Å². The van der Waals surface area contributed by atoms with E-state index in [4.69, 9.17) is 14.2 Å². The van der Waals surface area contributed by atoms with Crippen LogP contribution in [0.2, 0.25) is 0 Å². The van der Waals surface area contributed by atoms with Crippen LogP contribution in [0.3, 0.4) is 0 Å². The van der Waals surface area contributed by atoms with Crippen molar-refractivity contribution in [1.82, 2.24) is 0 Å². The summed E-state index contributed by atoms with van der Waals surface area (Å²) in [6.45, 7) is 6.94. The number of hydrogen-bond donors (Lipinski definition) is 0. The molecule has 5 heteroatoms. The van der Waals surface area contributed by atoms with Gasteiger partial charge in [-0.25, -0.2) is 4.79 Å². The minimum absolute atomic E-state index is 0.314. The highest BCUT2D eigenvalue weighted by Crippen LogP contribution is 2.00. The van der Waals surface area contributed by atoms with E-state index in [0.29, 0.717) is 6.61 Å². The Hall–Kier alpha value is -1.07. The average molecular weight is 204 g/mol. The Morgan fingerprint density at radius 3 is 2.43 bits per heavy atom. The molecule has 2 unspecified atom stereocenters. The molecule has 0 aliphatic carbocycles. The molecular formula is C9H16O5. The van der Waals surface area contributed by atoms with Crippen LogP contribution in [-0.4, -0.2) is 32.5 Å². The Bertz CT molecular complexity index is 180. The molecule has 0 radical (unpaired) electrons. The lowest BCUT2D eigenvalue weighted by molar-refractivity contribution is -0.139. The average Bonchev–Trinajstić information content (AvgIpc) is 2.14. The van der Waals surface area contributed by atoms with Crippen LogP contribution < -0.4 is 0 Å². The summed E-state index contributed by atoms with van der Waals surface area (Å²) in [6.07, 6.45) is -0.558.